The van der Waals surface area contributed by atoms with Gasteiger partial charge in [-0.3, -0.25) is 0 Å². The molecule has 1 aliphatic carbocycles. The van der Waals surface area contributed by atoms with Crippen LogP contribution in [-0.4, -0.2) is 0 Å². The van der Waals surface area contributed by atoms with Crippen LogP contribution in [0.25, 0.3) is 0 Å². The molecule has 0 fully saturated rings. The fourth-order valence-corrected chi connectivity index (χ4v) is 3.29. The molecule has 3 heteroatoms. The monoisotopic (exact) mass is 319 g/mol. The maximum Gasteiger partial charge on any atom is 0.128 e. The Morgan fingerprint density at radius 2 is 2.00 bits per heavy atom. The molecule has 0 aliphatic heterocycles. The van der Waals surface area contributed by atoms with Gasteiger partial charge in [0.1, 0.15) is 5.82 Å². The Bertz CT molecular complexity index is 624. The third-order valence-corrected chi connectivity index (χ3v) is 4.55. The number of benzene rings is 2. The third kappa shape index (κ3) is 2.27. The Morgan fingerprint density at radius 3 is 2.84 bits per heavy atom. The molecule has 2 aromatic carbocycles. The van der Waals surface area contributed by atoms with Crippen LogP contribution in [0.15, 0.2) is 40.9 Å². The zero-order valence-corrected chi connectivity index (χ0v) is 12.3. The molecule has 0 saturated carbocycles. The number of rotatable bonds is 2. The van der Waals surface area contributed by atoms with Gasteiger partial charge in [0, 0.05) is 15.7 Å². The van der Waals surface area contributed by atoms with E-state index in [2.05, 4.69) is 39.4 Å². The molecule has 1 aliphatic rings. The molecule has 0 heterocycles. The Balaban J connectivity index is 1.91. The first-order chi connectivity index (χ1) is 9.16. The summed E-state index contributed by atoms with van der Waals surface area (Å²) in [6, 6.07) is 11.7. The van der Waals surface area contributed by atoms with Gasteiger partial charge in [0.15, 0.2) is 0 Å². The summed E-state index contributed by atoms with van der Waals surface area (Å²) in [5.41, 5.74) is 4.26. The molecule has 0 spiro atoms. The molecule has 0 aromatic heterocycles. The standard InChI is InChI=1S/C16H15BrFN/c1-10-14(18)6-3-7-15(10)19-16-9-8-11-12(16)4-2-5-13(11)17/h2-7,16,19H,8-9H2,1H3. The summed E-state index contributed by atoms with van der Waals surface area (Å²) >= 11 is 3.60. The Morgan fingerprint density at radius 1 is 1.21 bits per heavy atom. The lowest BCUT2D eigenvalue weighted by molar-refractivity contribution is 0.618. The molecule has 1 nitrogen and oxygen atoms in total. The number of hydrogen-bond donors (Lipinski definition) is 1. The minimum atomic E-state index is -0.155. The van der Waals surface area contributed by atoms with Gasteiger partial charge < -0.3 is 5.32 Å². The van der Waals surface area contributed by atoms with Crippen molar-refractivity contribution in [2.75, 3.05) is 5.32 Å². The average Bonchev–Trinajstić information content (AvgIpc) is 2.80. The molecule has 0 radical (unpaired) electrons. The van der Waals surface area contributed by atoms with Gasteiger partial charge in [0.2, 0.25) is 0 Å². The third-order valence-electron chi connectivity index (χ3n) is 3.81. The van der Waals surface area contributed by atoms with E-state index in [1.165, 1.54) is 21.7 Å². The molecule has 1 N–H and O–H groups in total. The van der Waals surface area contributed by atoms with Crippen LogP contribution in [-0.2, 0) is 6.42 Å². The van der Waals surface area contributed by atoms with Crippen molar-refractivity contribution < 1.29 is 4.39 Å². The van der Waals surface area contributed by atoms with Crippen LogP contribution in [0.1, 0.15) is 29.2 Å². The molecule has 0 amide bonds. The van der Waals surface area contributed by atoms with Crippen molar-refractivity contribution in [1.29, 1.82) is 0 Å². The van der Waals surface area contributed by atoms with E-state index in [9.17, 15) is 4.39 Å². The van der Waals surface area contributed by atoms with Crippen molar-refractivity contribution >= 4 is 21.6 Å². The van der Waals surface area contributed by atoms with Crippen molar-refractivity contribution in [3.05, 3.63) is 63.4 Å². The predicted molar refractivity (Wildman–Crippen MR) is 80.0 cm³/mol. The van der Waals surface area contributed by atoms with Gasteiger partial charge in [-0.25, -0.2) is 4.39 Å². The van der Waals surface area contributed by atoms with E-state index in [-0.39, 0.29) is 11.9 Å². The van der Waals surface area contributed by atoms with Gasteiger partial charge in [-0.2, -0.15) is 0 Å². The summed E-state index contributed by atoms with van der Waals surface area (Å²) in [4.78, 5) is 0. The van der Waals surface area contributed by atoms with E-state index >= 15 is 0 Å². The summed E-state index contributed by atoms with van der Waals surface area (Å²) in [6.45, 7) is 1.81. The quantitative estimate of drug-likeness (QED) is 0.821. The van der Waals surface area contributed by atoms with Crippen molar-refractivity contribution in [2.45, 2.75) is 25.8 Å². The number of halogens is 2. The smallest absolute Gasteiger partial charge is 0.128 e. The fourth-order valence-electron chi connectivity index (χ4n) is 2.71. The minimum absolute atomic E-state index is 0.155. The molecule has 1 unspecified atom stereocenters. The lowest BCUT2D eigenvalue weighted by atomic mass is 10.1. The van der Waals surface area contributed by atoms with Gasteiger partial charge >= 0.3 is 0 Å². The zero-order chi connectivity index (χ0) is 13.4. The van der Waals surface area contributed by atoms with Crippen LogP contribution in [0.2, 0.25) is 0 Å². The van der Waals surface area contributed by atoms with Crippen LogP contribution in [0.4, 0.5) is 10.1 Å². The molecule has 2 aromatic rings. The first-order valence-corrected chi connectivity index (χ1v) is 7.25. The molecule has 0 bridgehead atoms. The highest BCUT2D eigenvalue weighted by Gasteiger charge is 2.24. The van der Waals surface area contributed by atoms with Crippen molar-refractivity contribution in [3.63, 3.8) is 0 Å². The summed E-state index contributed by atoms with van der Waals surface area (Å²) in [7, 11) is 0. The molecule has 0 saturated heterocycles. The first-order valence-electron chi connectivity index (χ1n) is 6.46. The SMILES string of the molecule is Cc1c(F)cccc1NC1CCc2c(Br)cccc21. The normalized spacial score (nSPS) is 17.3. The number of hydrogen-bond acceptors (Lipinski definition) is 1. The highest BCUT2D eigenvalue weighted by atomic mass is 79.9. The van der Waals surface area contributed by atoms with Gasteiger partial charge in [-0.1, -0.05) is 34.1 Å². The summed E-state index contributed by atoms with van der Waals surface area (Å²) in [6.07, 6.45) is 2.11. The number of nitrogens with one attached hydrogen (secondary N) is 1. The molecule has 19 heavy (non-hydrogen) atoms. The molecular formula is C16H15BrFN. The molecule has 1 atom stereocenters. The average molecular weight is 320 g/mol. The second kappa shape index (κ2) is 4.97. The number of anilines is 1. The second-order valence-corrected chi connectivity index (χ2v) is 5.81. The highest BCUT2D eigenvalue weighted by Crippen LogP contribution is 2.38. The lowest BCUT2D eigenvalue weighted by Gasteiger charge is -2.17. The van der Waals surface area contributed by atoms with E-state index in [0.717, 1.165) is 18.5 Å². The van der Waals surface area contributed by atoms with Crippen LogP contribution in [0, 0.1) is 12.7 Å². The zero-order valence-electron chi connectivity index (χ0n) is 10.7. The van der Waals surface area contributed by atoms with Gasteiger partial charge in [0.25, 0.3) is 0 Å². The van der Waals surface area contributed by atoms with E-state index < -0.39 is 0 Å². The van der Waals surface area contributed by atoms with Crippen LogP contribution < -0.4 is 5.32 Å². The van der Waals surface area contributed by atoms with E-state index in [4.69, 9.17) is 0 Å². The number of fused-ring (bicyclic) bond motifs is 1. The highest BCUT2D eigenvalue weighted by molar-refractivity contribution is 9.10. The van der Waals surface area contributed by atoms with Crippen molar-refractivity contribution in [2.24, 2.45) is 0 Å². The van der Waals surface area contributed by atoms with Crippen molar-refractivity contribution in [3.8, 4) is 0 Å². The largest absolute Gasteiger partial charge is 0.378 e. The van der Waals surface area contributed by atoms with Crippen LogP contribution in [0.3, 0.4) is 0 Å². The van der Waals surface area contributed by atoms with Gasteiger partial charge in [0.05, 0.1) is 6.04 Å². The van der Waals surface area contributed by atoms with Gasteiger partial charge in [-0.15, -0.1) is 0 Å². The van der Waals surface area contributed by atoms with Gasteiger partial charge in [-0.05, 0) is 49.1 Å². The molecule has 98 valence electrons. The van der Waals surface area contributed by atoms with Crippen LogP contribution in [0.5, 0.6) is 0 Å². The molecule has 3 rings (SSSR count). The second-order valence-electron chi connectivity index (χ2n) is 4.96. The van der Waals surface area contributed by atoms with Crippen LogP contribution >= 0.6 is 15.9 Å². The topological polar surface area (TPSA) is 12.0 Å². The summed E-state index contributed by atoms with van der Waals surface area (Å²) in [5, 5.41) is 3.47. The Labute approximate surface area is 121 Å². The fraction of sp³-hybridized carbons (Fsp3) is 0.250. The van der Waals surface area contributed by atoms with E-state index in [1.54, 1.807) is 6.07 Å². The molecular weight excluding hydrogens is 305 g/mol. The predicted octanol–water partition coefficient (Wildman–Crippen LogP) is 5.00. The Hall–Kier alpha value is -1.35. The maximum absolute atomic E-state index is 13.6. The minimum Gasteiger partial charge on any atom is -0.378 e. The van der Waals surface area contributed by atoms with Crippen molar-refractivity contribution in [1.82, 2.24) is 0 Å². The maximum atomic E-state index is 13.6. The summed E-state index contributed by atoms with van der Waals surface area (Å²) < 4.78 is 14.7. The van der Waals surface area contributed by atoms with E-state index in [1.807, 2.05) is 13.0 Å². The first kappa shape index (κ1) is 12.7. The Kier molecular flexibility index (Phi) is 3.31. The summed E-state index contributed by atoms with van der Waals surface area (Å²) in [5.74, 6) is -0.155. The van der Waals surface area contributed by atoms with E-state index in [0.29, 0.717) is 5.56 Å². The lowest BCUT2D eigenvalue weighted by Crippen LogP contribution is -2.08.